The Morgan fingerprint density at radius 1 is 1.11 bits per heavy atom. The van der Waals surface area contributed by atoms with Crippen molar-refractivity contribution in [2.24, 2.45) is 10.9 Å². The van der Waals surface area contributed by atoms with Crippen LogP contribution in [0, 0.1) is 0 Å². The molecule has 1 aromatic carbocycles. The van der Waals surface area contributed by atoms with Crippen LogP contribution in [0.4, 0.5) is 16.3 Å². The molecule has 3 aliphatic rings. The van der Waals surface area contributed by atoms with Gasteiger partial charge in [0.25, 0.3) is 0 Å². The maximum Gasteiger partial charge on any atom is 0.410 e. The summed E-state index contributed by atoms with van der Waals surface area (Å²) in [6.07, 6.45) is 1.99. The van der Waals surface area contributed by atoms with Gasteiger partial charge in [-0.25, -0.2) is 9.78 Å². The van der Waals surface area contributed by atoms with E-state index in [1.165, 1.54) is 0 Å². The van der Waals surface area contributed by atoms with E-state index in [-0.39, 0.29) is 18.5 Å². The second-order valence-corrected chi connectivity index (χ2v) is 9.58. The molecule has 2 atom stereocenters. The molecular weight excluding hydrogens is 446 g/mol. The molecule has 0 radical (unpaired) electrons. The number of oxime groups is 1. The van der Waals surface area contributed by atoms with Crippen LogP contribution in [0.2, 0.25) is 0 Å². The molecule has 3 saturated heterocycles. The number of hydrogen-bond donors (Lipinski definition) is 2. The molecule has 1 aromatic heterocycles. The van der Waals surface area contributed by atoms with E-state index in [0.29, 0.717) is 44.0 Å². The highest BCUT2D eigenvalue weighted by Gasteiger charge is 2.40. The summed E-state index contributed by atoms with van der Waals surface area (Å²) >= 11 is 0. The Hall–Kier alpha value is -3.53. The van der Waals surface area contributed by atoms with Crippen LogP contribution < -0.4 is 15.5 Å². The second-order valence-electron chi connectivity index (χ2n) is 9.58. The zero-order valence-electron chi connectivity index (χ0n) is 20.1. The lowest BCUT2D eigenvalue weighted by Crippen LogP contribution is -2.53. The quantitative estimate of drug-likeness (QED) is 0.290. The Morgan fingerprint density at radius 2 is 1.80 bits per heavy atom. The molecule has 10 nitrogen and oxygen atoms in total. The standard InChI is InChI=1S/C25H33N7O3/c1-29-15-19-7-8-20(16-29)32(19)23-14-21(13-22(27-23)24(26)28-34)30-9-11-31(12-10-30)25(33)35-17-18-5-3-2-4-6-18/h2-6,13-14,19-20,34H,7-12,15-17H2,1H3,(H2,26,28). The van der Waals surface area contributed by atoms with Gasteiger partial charge in [-0.2, -0.15) is 0 Å². The van der Waals surface area contributed by atoms with Gasteiger partial charge in [0, 0.05) is 63.1 Å². The Bertz CT molecular complexity index is 1060. The number of hydrogen-bond acceptors (Lipinski definition) is 8. The van der Waals surface area contributed by atoms with Crippen molar-refractivity contribution in [2.45, 2.75) is 31.5 Å². The molecule has 0 spiro atoms. The maximum atomic E-state index is 12.6. The number of nitrogens with zero attached hydrogens (tertiary/aromatic N) is 6. The number of carbonyl (C=O) groups excluding carboxylic acids is 1. The third kappa shape index (κ3) is 4.97. The Balaban J connectivity index is 1.28. The van der Waals surface area contributed by atoms with Crippen molar-refractivity contribution in [1.29, 1.82) is 0 Å². The Kier molecular flexibility index (Phi) is 6.63. The number of fused-ring (bicyclic) bond motifs is 2. The van der Waals surface area contributed by atoms with Crippen molar-refractivity contribution in [1.82, 2.24) is 14.8 Å². The van der Waals surface area contributed by atoms with Crippen LogP contribution >= 0.6 is 0 Å². The van der Waals surface area contributed by atoms with Gasteiger partial charge in [0.05, 0.1) is 0 Å². The lowest BCUT2D eigenvalue weighted by molar-refractivity contribution is 0.0942. The molecule has 2 bridgehead atoms. The minimum atomic E-state index is -0.296. The molecule has 0 aliphatic carbocycles. The van der Waals surface area contributed by atoms with E-state index in [2.05, 4.69) is 33.0 Å². The van der Waals surface area contributed by atoms with E-state index in [0.717, 1.165) is 43.0 Å². The van der Waals surface area contributed by atoms with E-state index in [1.54, 1.807) is 4.90 Å². The summed E-state index contributed by atoms with van der Waals surface area (Å²) in [6, 6.07) is 14.5. The molecule has 10 heteroatoms. The molecule has 2 unspecified atom stereocenters. The van der Waals surface area contributed by atoms with E-state index in [1.807, 2.05) is 36.4 Å². The highest BCUT2D eigenvalue weighted by molar-refractivity contribution is 5.96. The number of aromatic nitrogens is 1. The first kappa shape index (κ1) is 23.2. The molecule has 5 rings (SSSR count). The minimum Gasteiger partial charge on any atom is -0.445 e. The number of likely N-dealkylation sites (N-methyl/N-ethyl adjacent to an activating group) is 1. The van der Waals surface area contributed by atoms with Crippen molar-refractivity contribution in [3.8, 4) is 0 Å². The van der Waals surface area contributed by atoms with E-state index >= 15 is 0 Å². The minimum absolute atomic E-state index is 0.00213. The first-order valence-corrected chi connectivity index (χ1v) is 12.2. The average molecular weight is 480 g/mol. The highest BCUT2D eigenvalue weighted by Crippen LogP contribution is 2.35. The molecule has 3 aliphatic heterocycles. The van der Waals surface area contributed by atoms with E-state index in [4.69, 9.17) is 15.5 Å². The molecule has 186 valence electrons. The van der Waals surface area contributed by atoms with Crippen LogP contribution in [-0.4, -0.2) is 90.3 Å². The summed E-state index contributed by atoms with van der Waals surface area (Å²) in [5.41, 5.74) is 8.36. The van der Waals surface area contributed by atoms with Crippen LogP contribution in [0.1, 0.15) is 24.1 Å². The smallest absolute Gasteiger partial charge is 0.410 e. The first-order valence-electron chi connectivity index (χ1n) is 12.2. The van der Waals surface area contributed by atoms with E-state index in [9.17, 15) is 10.0 Å². The fraction of sp³-hybridized carbons (Fsp3) is 0.480. The van der Waals surface area contributed by atoms with Gasteiger partial charge < -0.3 is 35.3 Å². The zero-order valence-corrected chi connectivity index (χ0v) is 20.1. The van der Waals surface area contributed by atoms with Gasteiger partial charge in [-0.3, -0.25) is 0 Å². The first-order chi connectivity index (χ1) is 17.0. The van der Waals surface area contributed by atoms with Gasteiger partial charge in [0.2, 0.25) is 0 Å². The number of rotatable bonds is 5. The lowest BCUT2D eigenvalue weighted by atomic mass is 10.1. The highest BCUT2D eigenvalue weighted by atomic mass is 16.6. The van der Waals surface area contributed by atoms with Gasteiger partial charge in [0.1, 0.15) is 18.1 Å². The van der Waals surface area contributed by atoms with Crippen molar-refractivity contribution < 1.29 is 14.7 Å². The Morgan fingerprint density at radius 3 is 2.46 bits per heavy atom. The number of amides is 1. The third-order valence-corrected chi connectivity index (χ3v) is 7.20. The van der Waals surface area contributed by atoms with Crippen molar-refractivity contribution in [3.05, 3.63) is 53.7 Å². The number of carbonyl (C=O) groups is 1. The van der Waals surface area contributed by atoms with Crippen LogP contribution in [0.5, 0.6) is 0 Å². The van der Waals surface area contributed by atoms with E-state index < -0.39 is 0 Å². The molecule has 3 N–H and O–H groups in total. The predicted molar refractivity (Wildman–Crippen MR) is 134 cm³/mol. The van der Waals surface area contributed by atoms with Crippen molar-refractivity contribution in [2.75, 3.05) is 56.1 Å². The summed E-state index contributed by atoms with van der Waals surface area (Å²) in [7, 11) is 2.17. The summed E-state index contributed by atoms with van der Waals surface area (Å²) in [6.45, 7) is 4.72. The van der Waals surface area contributed by atoms with Crippen molar-refractivity contribution in [3.63, 3.8) is 0 Å². The number of nitrogens with two attached hydrogens (primary N) is 1. The fourth-order valence-corrected chi connectivity index (χ4v) is 5.44. The molecule has 0 saturated carbocycles. The molecule has 35 heavy (non-hydrogen) atoms. The fourth-order valence-electron chi connectivity index (χ4n) is 5.44. The number of likely N-dealkylation sites (tertiary alicyclic amines) is 1. The molecular formula is C25H33N7O3. The van der Waals surface area contributed by atoms with Gasteiger partial charge in [0.15, 0.2) is 5.84 Å². The predicted octanol–water partition coefficient (Wildman–Crippen LogP) is 1.92. The van der Waals surface area contributed by atoms with Crippen molar-refractivity contribution >= 4 is 23.4 Å². The van der Waals surface area contributed by atoms with Gasteiger partial charge >= 0.3 is 6.09 Å². The van der Waals surface area contributed by atoms with Crippen LogP contribution in [0.3, 0.4) is 0 Å². The monoisotopic (exact) mass is 479 g/mol. The molecule has 4 heterocycles. The maximum absolute atomic E-state index is 12.6. The zero-order chi connectivity index (χ0) is 24.4. The number of pyridine rings is 1. The Labute approximate surface area is 205 Å². The normalized spacial score (nSPS) is 23.0. The van der Waals surface area contributed by atoms with Gasteiger partial charge in [-0.1, -0.05) is 35.5 Å². The van der Waals surface area contributed by atoms with Crippen LogP contribution in [0.15, 0.2) is 47.6 Å². The second kappa shape index (κ2) is 9.99. The summed E-state index contributed by atoms with van der Waals surface area (Å²) in [5, 5.41) is 12.5. The summed E-state index contributed by atoms with van der Waals surface area (Å²) < 4.78 is 5.50. The number of anilines is 2. The largest absolute Gasteiger partial charge is 0.445 e. The third-order valence-electron chi connectivity index (χ3n) is 7.20. The van der Waals surface area contributed by atoms with Crippen LogP contribution in [0.25, 0.3) is 0 Å². The lowest BCUT2D eigenvalue weighted by Gasteiger charge is -2.41. The number of amidine groups is 1. The van der Waals surface area contributed by atoms with Crippen LogP contribution in [-0.2, 0) is 11.3 Å². The van der Waals surface area contributed by atoms with Gasteiger partial charge in [-0.15, -0.1) is 0 Å². The average Bonchev–Trinajstić information content (AvgIpc) is 3.18. The number of benzene rings is 1. The molecule has 2 aromatic rings. The number of piperazine rings is 2. The topological polar surface area (TPSA) is 111 Å². The van der Waals surface area contributed by atoms with Gasteiger partial charge in [-0.05, 0) is 31.5 Å². The SMILES string of the molecule is CN1CC2CCC(C1)N2c1cc(N2CCN(C(=O)OCc3ccccc3)CC2)cc(/C(N)=N/O)n1. The molecule has 1 amide bonds. The molecule has 3 fully saturated rings. The number of ether oxygens (including phenoxy) is 1. The summed E-state index contributed by atoms with van der Waals surface area (Å²) in [5.74, 6) is 0.868. The summed E-state index contributed by atoms with van der Waals surface area (Å²) in [4.78, 5) is 26.1.